The molecule has 102 valence electrons. The Hall–Kier alpha value is -2.04. The van der Waals surface area contributed by atoms with Gasteiger partial charge in [-0.3, -0.25) is 4.79 Å². The number of carbonyl (C=O) groups is 2. The van der Waals surface area contributed by atoms with E-state index in [0.29, 0.717) is 17.2 Å². The minimum atomic E-state index is -0.607. The molecule has 0 bridgehead atoms. The van der Waals surface area contributed by atoms with Crippen LogP contribution in [0, 0.1) is 5.92 Å². The lowest BCUT2D eigenvalue weighted by molar-refractivity contribution is 0.0697. The van der Waals surface area contributed by atoms with Crippen molar-refractivity contribution in [3.05, 3.63) is 29.8 Å². The number of nitrogens with two attached hydrogens (primary N) is 1. The molecule has 1 heterocycles. The van der Waals surface area contributed by atoms with Gasteiger partial charge in [0.2, 0.25) is 0 Å². The molecule has 1 aromatic rings. The van der Waals surface area contributed by atoms with Crippen molar-refractivity contribution in [2.75, 3.05) is 18.4 Å². The number of urea groups is 1. The second-order valence-electron chi connectivity index (χ2n) is 5.04. The normalized spacial score (nSPS) is 16.2. The summed E-state index contributed by atoms with van der Waals surface area (Å²) in [7, 11) is 0. The van der Waals surface area contributed by atoms with E-state index in [4.69, 9.17) is 5.73 Å². The number of anilines is 1. The third-order valence-corrected chi connectivity index (χ3v) is 3.47. The van der Waals surface area contributed by atoms with Crippen LogP contribution in [-0.2, 0) is 0 Å². The summed E-state index contributed by atoms with van der Waals surface area (Å²) in [6.07, 6.45) is 2.13. The summed E-state index contributed by atoms with van der Waals surface area (Å²) < 4.78 is 0. The number of likely N-dealkylation sites (tertiary alicyclic amines) is 1. The van der Waals surface area contributed by atoms with Gasteiger partial charge >= 0.3 is 6.03 Å². The minimum absolute atomic E-state index is 0.0533. The standard InChI is InChI=1S/C14H19N3O2/c1-10-6-8-17(9-7-10)13(18)11-2-4-12(5-3-11)16-14(15)19/h2-5,10H,6-9H2,1H3,(H3,15,16,19). The first-order valence-electron chi connectivity index (χ1n) is 6.52. The molecular formula is C14H19N3O2. The van der Waals surface area contributed by atoms with E-state index in [1.807, 2.05) is 4.90 Å². The van der Waals surface area contributed by atoms with Crippen LogP contribution in [0.1, 0.15) is 30.1 Å². The van der Waals surface area contributed by atoms with Gasteiger partial charge in [-0.25, -0.2) is 4.79 Å². The van der Waals surface area contributed by atoms with E-state index < -0.39 is 6.03 Å². The van der Waals surface area contributed by atoms with Gasteiger partial charge in [-0.1, -0.05) is 6.92 Å². The SMILES string of the molecule is CC1CCN(C(=O)c2ccc(NC(N)=O)cc2)CC1. The summed E-state index contributed by atoms with van der Waals surface area (Å²) >= 11 is 0. The minimum Gasteiger partial charge on any atom is -0.351 e. The number of primary amides is 1. The van der Waals surface area contributed by atoms with Crippen molar-refractivity contribution in [1.29, 1.82) is 0 Å². The molecule has 0 unspecified atom stereocenters. The van der Waals surface area contributed by atoms with Crippen LogP contribution < -0.4 is 11.1 Å². The van der Waals surface area contributed by atoms with Crippen LogP contribution in [0.5, 0.6) is 0 Å². The number of piperidine rings is 1. The van der Waals surface area contributed by atoms with E-state index in [0.717, 1.165) is 25.9 Å². The van der Waals surface area contributed by atoms with E-state index in [1.54, 1.807) is 24.3 Å². The summed E-state index contributed by atoms with van der Waals surface area (Å²) in [5.74, 6) is 0.753. The van der Waals surface area contributed by atoms with Crippen molar-refractivity contribution in [1.82, 2.24) is 4.90 Å². The number of nitrogens with one attached hydrogen (secondary N) is 1. The molecule has 0 spiro atoms. The maximum absolute atomic E-state index is 12.3. The van der Waals surface area contributed by atoms with Gasteiger partial charge in [0.1, 0.15) is 0 Å². The van der Waals surface area contributed by atoms with Gasteiger partial charge in [0.25, 0.3) is 5.91 Å². The number of benzene rings is 1. The Morgan fingerprint density at radius 3 is 2.32 bits per heavy atom. The molecule has 1 aliphatic rings. The number of rotatable bonds is 2. The summed E-state index contributed by atoms with van der Waals surface area (Å²) in [5.41, 5.74) is 6.26. The molecule has 5 heteroatoms. The molecule has 3 amide bonds. The Kier molecular flexibility index (Phi) is 4.04. The first kappa shape index (κ1) is 13.4. The zero-order valence-electron chi connectivity index (χ0n) is 11.1. The van der Waals surface area contributed by atoms with Crippen LogP contribution in [0.4, 0.5) is 10.5 Å². The molecule has 1 saturated heterocycles. The van der Waals surface area contributed by atoms with Crippen LogP contribution in [0.2, 0.25) is 0 Å². The van der Waals surface area contributed by atoms with Gasteiger partial charge in [0.15, 0.2) is 0 Å². The van der Waals surface area contributed by atoms with E-state index in [1.165, 1.54) is 0 Å². The van der Waals surface area contributed by atoms with Crippen LogP contribution in [0.15, 0.2) is 24.3 Å². The lowest BCUT2D eigenvalue weighted by Gasteiger charge is -2.30. The average molecular weight is 261 g/mol. The van der Waals surface area contributed by atoms with Crippen molar-refractivity contribution in [2.45, 2.75) is 19.8 Å². The fourth-order valence-corrected chi connectivity index (χ4v) is 2.23. The Morgan fingerprint density at radius 2 is 1.79 bits per heavy atom. The van der Waals surface area contributed by atoms with Gasteiger partial charge in [-0.2, -0.15) is 0 Å². The highest BCUT2D eigenvalue weighted by molar-refractivity contribution is 5.95. The van der Waals surface area contributed by atoms with Crippen molar-refractivity contribution >= 4 is 17.6 Å². The molecule has 0 aromatic heterocycles. The topological polar surface area (TPSA) is 75.4 Å². The highest BCUT2D eigenvalue weighted by Gasteiger charge is 2.21. The summed E-state index contributed by atoms with van der Waals surface area (Å²) in [6.45, 7) is 3.86. The molecule has 1 aromatic carbocycles. The Labute approximate surface area is 112 Å². The Morgan fingerprint density at radius 1 is 1.21 bits per heavy atom. The summed E-state index contributed by atoms with van der Waals surface area (Å²) in [5, 5.41) is 2.47. The highest BCUT2D eigenvalue weighted by atomic mass is 16.2. The fraction of sp³-hybridized carbons (Fsp3) is 0.429. The molecule has 0 radical (unpaired) electrons. The second-order valence-corrected chi connectivity index (χ2v) is 5.04. The summed E-state index contributed by atoms with van der Waals surface area (Å²) in [6, 6.07) is 6.19. The second kappa shape index (κ2) is 5.73. The Balaban J connectivity index is 2.01. The van der Waals surface area contributed by atoms with Crippen LogP contribution in [0.3, 0.4) is 0 Å². The van der Waals surface area contributed by atoms with Crippen LogP contribution >= 0.6 is 0 Å². The lowest BCUT2D eigenvalue weighted by Crippen LogP contribution is -2.37. The van der Waals surface area contributed by atoms with Gasteiger partial charge in [0, 0.05) is 24.3 Å². The van der Waals surface area contributed by atoms with Crippen molar-refractivity contribution in [2.24, 2.45) is 11.7 Å². The van der Waals surface area contributed by atoms with E-state index in [9.17, 15) is 9.59 Å². The summed E-state index contributed by atoms with van der Waals surface area (Å²) in [4.78, 5) is 24.8. The monoisotopic (exact) mass is 261 g/mol. The Bertz CT molecular complexity index is 462. The number of carbonyl (C=O) groups excluding carboxylic acids is 2. The van der Waals surface area contributed by atoms with Gasteiger partial charge in [0.05, 0.1) is 0 Å². The van der Waals surface area contributed by atoms with E-state index in [-0.39, 0.29) is 5.91 Å². The van der Waals surface area contributed by atoms with E-state index >= 15 is 0 Å². The maximum atomic E-state index is 12.3. The number of amides is 3. The maximum Gasteiger partial charge on any atom is 0.316 e. The lowest BCUT2D eigenvalue weighted by atomic mass is 9.98. The van der Waals surface area contributed by atoms with Crippen LogP contribution in [-0.4, -0.2) is 29.9 Å². The molecule has 1 aliphatic heterocycles. The quantitative estimate of drug-likeness (QED) is 0.855. The third kappa shape index (κ3) is 3.47. The average Bonchev–Trinajstić information content (AvgIpc) is 2.39. The van der Waals surface area contributed by atoms with Gasteiger partial charge in [-0.15, -0.1) is 0 Å². The first-order valence-corrected chi connectivity index (χ1v) is 6.52. The smallest absolute Gasteiger partial charge is 0.316 e. The molecule has 3 N–H and O–H groups in total. The molecular weight excluding hydrogens is 242 g/mol. The molecule has 0 atom stereocenters. The predicted molar refractivity (Wildman–Crippen MR) is 73.9 cm³/mol. The largest absolute Gasteiger partial charge is 0.351 e. The van der Waals surface area contributed by atoms with Crippen molar-refractivity contribution in [3.63, 3.8) is 0 Å². The number of hydrogen-bond donors (Lipinski definition) is 2. The van der Waals surface area contributed by atoms with Crippen LogP contribution in [0.25, 0.3) is 0 Å². The molecule has 5 nitrogen and oxygen atoms in total. The molecule has 2 rings (SSSR count). The first-order chi connectivity index (χ1) is 9.06. The van der Waals surface area contributed by atoms with Gasteiger partial charge in [-0.05, 0) is 43.0 Å². The molecule has 0 aliphatic carbocycles. The fourth-order valence-electron chi connectivity index (χ4n) is 2.23. The zero-order valence-corrected chi connectivity index (χ0v) is 11.1. The number of nitrogens with zero attached hydrogens (tertiary/aromatic N) is 1. The molecule has 0 saturated carbocycles. The predicted octanol–water partition coefficient (Wildman–Crippen LogP) is 2.05. The third-order valence-electron chi connectivity index (χ3n) is 3.47. The van der Waals surface area contributed by atoms with Crippen molar-refractivity contribution < 1.29 is 9.59 Å². The highest BCUT2D eigenvalue weighted by Crippen LogP contribution is 2.19. The molecule has 1 fully saturated rings. The van der Waals surface area contributed by atoms with E-state index in [2.05, 4.69) is 12.2 Å². The van der Waals surface area contributed by atoms with Crippen molar-refractivity contribution in [3.8, 4) is 0 Å². The molecule has 19 heavy (non-hydrogen) atoms. The number of hydrogen-bond acceptors (Lipinski definition) is 2. The zero-order chi connectivity index (χ0) is 13.8. The van der Waals surface area contributed by atoms with Gasteiger partial charge < -0.3 is 16.0 Å².